The fourth-order valence-corrected chi connectivity index (χ4v) is 2.04. The molecule has 1 aromatic carbocycles. The summed E-state index contributed by atoms with van der Waals surface area (Å²) < 4.78 is 39.9. The highest BCUT2D eigenvalue weighted by Crippen LogP contribution is 2.24. The van der Waals surface area contributed by atoms with Gasteiger partial charge in [-0.25, -0.2) is 0 Å². The SMILES string of the molecule is CC(CC(=O)Nc1ccc(OC(F)(F)F)cc1)c1ccncc1. The summed E-state index contributed by atoms with van der Waals surface area (Å²) in [6.07, 6.45) is -1.16. The van der Waals surface area contributed by atoms with Gasteiger partial charge in [-0.2, -0.15) is 0 Å². The first kappa shape index (κ1) is 16.8. The molecule has 0 saturated heterocycles. The molecule has 1 unspecified atom stereocenters. The molecule has 7 heteroatoms. The van der Waals surface area contributed by atoms with Crippen molar-refractivity contribution in [3.8, 4) is 5.75 Å². The van der Waals surface area contributed by atoms with Crippen molar-refractivity contribution in [3.63, 3.8) is 0 Å². The van der Waals surface area contributed by atoms with Gasteiger partial charge in [0.05, 0.1) is 0 Å². The maximum atomic E-state index is 12.1. The zero-order valence-corrected chi connectivity index (χ0v) is 12.3. The van der Waals surface area contributed by atoms with Crippen molar-refractivity contribution in [1.82, 2.24) is 4.98 Å². The average Bonchev–Trinajstić information content (AvgIpc) is 2.48. The maximum absolute atomic E-state index is 12.1. The van der Waals surface area contributed by atoms with E-state index < -0.39 is 6.36 Å². The van der Waals surface area contributed by atoms with Gasteiger partial charge in [0.2, 0.25) is 5.91 Å². The lowest BCUT2D eigenvalue weighted by Gasteiger charge is -2.12. The highest BCUT2D eigenvalue weighted by Gasteiger charge is 2.30. The predicted molar refractivity (Wildman–Crippen MR) is 79.0 cm³/mol. The number of hydrogen-bond acceptors (Lipinski definition) is 3. The van der Waals surface area contributed by atoms with Crippen molar-refractivity contribution in [2.75, 3.05) is 5.32 Å². The van der Waals surface area contributed by atoms with Crippen LogP contribution in [0.3, 0.4) is 0 Å². The minimum absolute atomic E-state index is 0.00540. The normalized spacial score (nSPS) is 12.5. The molecule has 0 radical (unpaired) electrons. The van der Waals surface area contributed by atoms with Crippen molar-refractivity contribution < 1.29 is 22.7 Å². The van der Waals surface area contributed by atoms with Crippen LogP contribution in [0.1, 0.15) is 24.8 Å². The summed E-state index contributed by atoms with van der Waals surface area (Å²) in [5, 5.41) is 2.64. The number of rotatable bonds is 5. The van der Waals surface area contributed by atoms with Crippen LogP contribution in [0.15, 0.2) is 48.8 Å². The van der Waals surface area contributed by atoms with E-state index in [1.165, 1.54) is 12.1 Å². The van der Waals surface area contributed by atoms with E-state index in [0.29, 0.717) is 5.69 Å². The van der Waals surface area contributed by atoms with Gasteiger partial charge in [-0.15, -0.1) is 13.2 Å². The Morgan fingerprint density at radius 1 is 1.17 bits per heavy atom. The molecule has 1 heterocycles. The molecule has 2 rings (SSSR count). The summed E-state index contributed by atoms with van der Waals surface area (Å²) in [6, 6.07) is 8.68. The standard InChI is InChI=1S/C16H15F3N2O2/c1-11(12-6-8-20-9-7-12)10-15(22)21-13-2-4-14(5-3-13)23-16(17,18)19/h2-9,11H,10H2,1H3,(H,21,22). The minimum Gasteiger partial charge on any atom is -0.406 e. The molecule has 0 spiro atoms. The number of pyridine rings is 1. The van der Waals surface area contributed by atoms with E-state index in [4.69, 9.17) is 0 Å². The summed E-state index contributed by atoms with van der Waals surface area (Å²) in [7, 11) is 0. The van der Waals surface area contributed by atoms with E-state index in [2.05, 4.69) is 15.0 Å². The number of anilines is 1. The van der Waals surface area contributed by atoms with Crippen LogP contribution in [0, 0.1) is 0 Å². The summed E-state index contributed by atoms with van der Waals surface area (Å²) >= 11 is 0. The van der Waals surface area contributed by atoms with Gasteiger partial charge >= 0.3 is 6.36 Å². The predicted octanol–water partition coefficient (Wildman–Crippen LogP) is 4.11. The van der Waals surface area contributed by atoms with Crippen LogP contribution in [0.25, 0.3) is 0 Å². The lowest BCUT2D eigenvalue weighted by Crippen LogP contribution is -2.17. The van der Waals surface area contributed by atoms with Crippen LogP contribution in [-0.2, 0) is 4.79 Å². The number of aromatic nitrogens is 1. The van der Waals surface area contributed by atoms with E-state index in [1.807, 2.05) is 19.1 Å². The Balaban J connectivity index is 1.90. The lowest BCUT2D eigenvalue weighted by atomic mass is 9.99. The number of nitrogens with one attached hydrogen (secondary N) is 1. The van der Waals surface area contributed by atoms with Crippen molar-refractivity contribution in [2.24, 2.45) is 0 Å². The van der Waals surface area contributed by atoms with Crippen LogP contribution >= 0.6 is 0 Å². The van der Waals surface area contributed by atoms with Crippen molar-refractivity contribution >= 4 is 11.6 Å². The highest BCUT2D eigenvalue weighted by atomic mass is 19.4. The van der Waals surface area contributed by atoms with Crippen molar-refractivity contribution in [1.29, 1.82) is 0 Å². The minimum atomic E-state index is -4.73. The van der Waals surface area contributed by atoms with Gasteiger partial charge in [-0.3, -0.25) is 9.78 Å². The van der Waals surface area contributed by atoms with E-state index in [-0.39, 0.29) is 24.0 Å². The molecule has 0 fully saturated rings. The molecule has 0 aliphatic rings. The highest BCUT2D eigenvalue weighted by molar-refractivity contribution is 5.91. The van der Waals surface area contributed by atoms with Crippen LogP contribution in [0.2, 0.25) is 0 Å². The summed E-state index contributed by atoms with van der Waals surface area (Å²) in [4.78, 5) is 15.9. The molecule has 1 atom stereocenters. The number of ether oxygens (including phenoxy) is 1. The Kier molecular flexibility index (Phi) is 5.20. The van der Waals surface area contributed by atoms with Gasteiger partial charge in [0.25, 0.3) is 0 Å². The van der Waals surface area contributed by atoms with Gasteiger partial charge in [0.1, 0.15) is 5.75 Å². The molecule has 23 heavy (non-hydrogen) atoms. The first-order valence-corrected chi connectivity index (χ1v) is 6.89. The van der Waals surface area contributed by atoms with Crippen LogP contribution in [0.5, 0.6) is 5.75 Å². The largest absolute Gasteiger partial charge is 0.573 e. The number of nitrogens with zero attached hydrogens (tertiary/aromatic N) is 1. The number of benzene rings is 1. The molecule has 0 aliphatic heterocycles. The second kappa shape index (κ2) is 7.13. The fourth-order valence-electron chi connectivity index (χ4n) is 2.04. The van der Waals surface area contributed by atoms with Gasteiger partial charge in [0, 0.05) is 24.5 Å². The van der Waals surface area contributed by atoms with E-state index in [9.17, 15) is 18.0 Å². The van der Waals surface area contributed by atoms with Gasteiger partial charge in [-0.1, -0.05) is 6.92 Å². The summed E-state index contributed by atoms with van der Waals surface area (Å²) in [6.45, 7) is 1.91. The molecule has 4 nitrogen and oxygen atoms in total. The maximum Gasteiger partial charge on any atom is 0.573 e. The Bertz CT molecular complexity index is 643. The second-order valence-electron chi connectivity index (χ2n) is 5.01. The zero-order valence-electron chi connectivity index (χ0n) is 12.3. The third kappa shape index (κ3) is 5.61. The van der Waals surface area contributed by atoms with Crippen molar-refractivity contribution in [2.45, 2.75) is 25.6 Å². The van der Waals surface area contributed by atoms with Gasteiger partial charge in [-0.05, 0) is 47.9 Å². The number of halogens is 3. The number of carbonyl (C=O) groups is 1. The molecule has 1 N–H and O–H groups in total. The van der Waals surface area contributed by atoms with E-state index in [0.717, 1.165) is 17.7 Å². The Morgan fingerprint density at radius 2 is 1.78 bits per heavy atom. The summed E-state index contributed by atoms with van der Waals surface area (Å²) in [5.74, 6) is -0.551. The molecule has 2 aromatic rings. The molecule has 122 valence electrons. The van der Waals surface area contributed by atoms with Crippen LogP contribution in [0.4, 0.5) is 18.9 Å². The molecule has 0 saturated carbocycles. The number of carbonyl (C=O) groups excluding carboxylic acids is 1. The third-order valence-corrected chi connectivity index (χ3v) is 3.14. The van der Waals surface area contributed by atoms with Gasteiger partial charge in [0.15, 0.2) is 0 Å². The molecule has 1 aromatic heterocycles. The molecule has 1 amide bonds. The molecular weight excluding hydrogens is 309 g/mol. The second-order valence-corrected chi connectivity index (χ2v) is 5.01. The zero-order chi connectivity index (χ0) is 16.9. The first-order chi connectivity index (χ1) is 10.8. The lowest BCUT2D eigenvalue weighted by molar-refractivity contribution is -0.274. The van der Waals surface area contributed by atoms with Crippen molar-refractivity contribution in [3.05, 3.63) is 54.4 Å². The van der Waals surface area contributed by atoms with Crippen LogP contribution < -0.4 is 10.1 Å². The van der Waals surface area contributed by atoms with Gasteiger partial charge < -0.3 is 10.1 Å². The smallest absolute Gasteiger partial charge is 0.406 e. The number of amides is 1. The topological polar surface area (TPSA) is 51.2 Å². The molecule has 0 aliphatic carbocycles. The Morgan fingerprint density at radius 3 is 2.35 bits per heavy atom. The molecule has 0 bridgehead atoms. The number of hydrogen-bond donors (Lipinski definition) is 1. The Hall–Kier alpha value is -2.57. The molecular formula is C16H15F3N2O2. The Labute approximate surface area is 131 Å². The fraction of sp³-hybridized carbons (Fsp3) is 0.250. The third-order valence-electron chi connectivity index (χ3n) is 3.14. The monoisotopic (exact) mass is 324 g/mol. The quantitative estimate of drug-likeness (QED) is 0.900. The first-order valence-electron chi connectivity index (χ1n) is 6.89. The van der Waals surface area contributed by atoms with Crippen LogP contribution in [-0.4, -0.2) is 17.3 Å². The number of alkyl halides is 3. The van der Waals surface area contributed by atoms with E-state index >= 15 is 0 Å². The summed E-state index contributed by atoms with van der Waals surface area (Å²) in [5.41, 5.74) is 1.40. The average molecular weight is 324 g/mol. The van der Waals surface area contributed by atoms with E-state index in [1.54, 1.807) is 12.4 Å².